The molecular formula is C23H28N6O2. The molecule has 0 spiro atoms. The van der Waals surface area contributed by atoms with Crippen LogP contribution in [0.1, 0.15) is 32.3 Å². The largest absolute Gasteiger partial charge is 0.480 e. The zero-order valence-electron chi connectivity index (χ0n) is 18.0. The number of carboxylic acids is 1. The van der Waals surface area contributed by atoms with Gasteiger partial charge >= 0.3 is 5.97 Å². The minimum Gasteiger partial charge on any atom is -0.480 e. The summed E-state index contributed by atoms with van der Waals surface area (Å²) in [7, 11) is 0. The van der Waals surface area contributed by atoms with E-state index in [1.165, 1.54) is 0 Å². The quantitative estimate of drug-likeness (QED) is 0.567. The number of aromatic nitrogens is 4. The number of nitrogens with zero attached hydrogens (tertiary/aromatic N) is 5. The van der Waals surface area contributed by atoms with Gasteiger partial charge in [-0.2, -0.15) is 0 Å². The molecule has 3 aromatic heterocycles. The predicted octanol–water partition coefficient (Wildman–Crippen LogP) is 3.26. The van der Waals surface area contributed by atoms with Gasteiger partial charge < -0.3 is 10.4 Å². The minimum atomic E-state index is -0.892. The smallest absolute Gasteiger partial charge is 0.323 e. The van der Waals surface area contributed by atoms with Crippen molar-refractivity contribution in [3.63, 3.8) is 0 Å². The maximum Gasteiger partial charge on any atom is 0.323 e. The summed E-state index contributed by atoms with van der Waals surface area (Å²) >= 11 is 0. The van der Waals surface area contributed by atoms with Crippen LogP contribution >= 0.6 is 0 Å². The van der Waals surface area contributed by atoms with Crippen LogP contribution in [0.2, 0.25) is 0 Å². The van der Waals surface area contributed by atoms with Crippen molar-refractivity contribution in [2.24, 2.45) is 0 Å². The average Bonchev–Trinajstić information content (AvgIpc) is 3.17. The predicted molar refractivity (Wildman–Crippen MR) is 120 cm³/mol. The van der Waals surface area contributed by atoms with Crippen LogP contribution in [0.15, 0.2) is 49.4 Å². The Hall–Kier alpha value is -3.26. The molecule has 1 aliphatic rings. The highest BCUT2D eigenvalue weighted by atomic mass is 16.4. The molecule has 0 aliphatic carbocycles. The Bertz CT molecular complexity index is 1110. The van der Waals surface area contributed by atoms with Crippen LogP contribution in [0.5, 0.6) is 0 Å². The van der Waals surface area contributed by atoms with Gasteiger partial charge in [0.05, 0.1) is 6.20 Å². The molecule has 4 heterocycles. The lowest BCUT2D eigenvalue weighted by atomic mass is 9.96. The van der Waals surface area contributed by atoms with Crippen LogP contribution < -0.4 is 5.32 Å². The molecule has 3 aromatic rings. The van der Waals surface area contributed by atoms with Crippen LogP contribution in [0, 0.1) is 0 Å². The number of hydrogen-bond acceptors (Lipinski definition) is 6. The number of carboxylic acid groups (broad SMARTS) is 1. The number of nitrogens with one attached hydrogen (secondary N) is 1. The first-order valence-electron chi connectivity index (χ1n) is 10.5. The molecule has 1 unspecified atom stereocenters. The summed E-state index contributed by atoms with van der Waals surface area (Å²) in [4.78, 5) is 27.3. The lowest BCUT2D eigenvalue weighted by Crippen LogP contribution is -2.56. The van der Waals surface area contributed by atoms with Gasteiger partial charge in [0.25, 0.3) is 0 Å². The molecule has 0 radical (unpaired) electrons. The molecule has 8 heteroatoms. The van der Waals surface area contributed by atoms with Gasteiger partial charge in [0.1, 0.15) is 22.7 Å². The Balaban J connectivity index is 1.55. The van der Waals surface area contributed by atoms with Crippen LogP contribution in [-0.2, 0) is 11.2 Å². The Morgan fingerprint density at radius 2 is 2.19 bits per heavy atom. The molecule has 1 saturated heterocycles. The van der Waals surface area contributed by atoms with Gasteiger partial charge in [0.2, 0.25) is 0 Å². The van der Waals surface area contributed by atoms with Crippen molar-refractivity contribution in [1.29, 1.82) is 0 Å². The summed E-state index contributed by atoms with van der Waals surface area (Å²) in [5.41, 5.74) is 1.90. The Morgan fingerprint density at radius 1 is 1.35 bits per heavy atom. The zero-order valence-corrected chi connectivity index (χ0v) is 18.0. The Labute approximate surface area is 181 Å². The second-order valence-electron chi connectivity index (χ2n) is 8.46. The maximum absolute atomic E-state index is 11.6. The summed E-state index contributed by atoms with van der Waals surface area (Å²) in [6.45, 7) is 8.75. The number of rotatable bonds is 7. The van der Waals surface area contributed by atoms with E-state index in [-0.39, 0.29) is 6.04 Å². The summed E-state index contributed by atoms with van der Waals surface area (Å²) in [6, 6.07) is 5.99. The molecular weight excluding hydrogens is 392 g/mol. The van der Waals surface area contributed by atoms with Crippen molar-refractivity contribution in [2.75, 3.05) is 18.4 Å². The number of likely N-dealkylation sites (tertiary alicyclic amines) is 1. The van der Waals surface area contributed by atoms with Crippen molar-refractivity contribution in [2.45, 2.75) is 44.7 Å². The molecule has 31 heavy (non-hydrogen) atoms. The number of imidazole rings is 1. The monoisotopic (exact) mass is 420 g/mol. The fraction of sp³-hybridized carbons (Fsp3) is 0.391. The molecule has 0 bridgehead atoms. The standard InChI is InChI=1S/C23H28N6O2/c1-4-6-16-8-9-20-25-13-18(29(20)14-16)21-24-11-10-19(27-21)26-17-7-5-12-28(15-17)23(2,3)22(30)31/h4,8-11,13-14,17H,1,5-7,12,15H2,2-3H3,(H,30,31)(H,24,26,27). The highest BCUT2D eigenvalue weighted by Gasteiger charge is 2.37. The van der Waals surface area contributed by atoms with Crippen molar-refractivity contribution in [1.82, 2.24) is 24.3 Å². The second-order valence-corrected chi connectivity index (χ2v) is 8.46. The first kappa shape index (κ1) is 21.0. The molecule has 1 atom stereocenters. The third-order valence-electron chi connectivity index (χ3n) is 5.92. The summed E-state index contributed by atoms with van der Waals surface area (Å²) in [5, 5.41) is 13.0. The third kappa shape index (κ3) is 4.29. The van der Waals surface area contributed by atoms with E-state index in [1.54, 1.807) is 26.2 Å². The molecule has 0 aromatic carbocycles. The van der Waals surface area contributed by atoms with Gasteiger partial charge in [-0.1, -0.05) is 12.1 Å². The average molecular weight is 421 g/mol. The van der Waals surface area contributed by atoms with Crippen molar-refractivity contribution >= 4 is 17.4 Å². The number of aliphatic carboxylic acids is 1. The van der Waals surface area contributed by atoms with E-state index in [2.05, 4.69) is 21.9 Å². The van der Waals surface area contributed by atoms with Crippen molar-refractivity contribution in [3.8, 4) is 11.5 Å². The number of hydrogen-bond donors (Lipinski definition) is 2. The molecule has 1 aliphatic heterocycles. The summed E-state index contributed by atoms with van der Waals surface area (Å²) < 4.78 is 2.00. The minimum absolute atomic E-state index is 0.122. The lowest BCUT2D eigenvalue weighted by Gasteiger charge is -2.41. The number of fused-ring (bicyclic) bond motifs is 1. The zero-order chi connectivity index (χ0) is 22.0. The molecule has 0 amide bonds. The number of allylic oxidation sites excluding steroid dienone is 1. The van der Waals surface area contributed by atoms with Gasteiger partial charge in [-0.25, -0.2) is 15.0 Å². The fourth-order valence-electron chi connectivity index (χ4n) is 3.99. The van der Waals surface area contributed by atoms with Crippen LogP contribution in [0.4, 0.5) is 5.82 Å². The number of piperidine rings is 1. The molecule has 1 fully saturated rings. The van der Waals surface area contributed by atoms with E-state index in [0.717, 1.165) is 48.5 Å². The van der Waals surface area contributed by atoms with Gasteiger partial charge in [-0.3, -0.25) is 14.1 Å². The third-order valence-corrected chi connectivity index (χ3v) is 5.92. The molecule has 162 valence electrons. The summed E-state index contributed by atoms with van der Waals surface area (Å²) in [6.07, 6.45) is 10.1. The maximum atomic E-state index is 11.6. The normalized spacial score (nSPS) is 17.5. The van der Waals surface area contributed by atoms with Gasteiger partial charge in [-0.15, -0.1) is 6.58 Å². The van der Waals surface area contributed by atoms with E-state index >= 15 is 0 Å². The molecule has 0 saturated carbocycles. The fourth-order valence-corrected chi connectivity index (χ4v) is 3.99. The van der Waals surface area contributed by atoms with E-state index in [0.29, 0.717) is 12.4 Å². The second kappa shape index (κ2) is 8.47. The van der Waals surface area contributed by atoms with Crippen molar-refractivity contribution in [3.05, 3.63) is 55.0 Å². The first-order valence-corrected chi connectivity index (χ1v) is 10.5. The number of pyridine rings is 1. The van der Waals surface area contributed by atoms with E-state index in [1.807, 2.05) is 39.8 Å². The Morgan fingerprint density at radius 3 is 2.97 bits per heavy atom. The number of carbonyl (C=O) groups is 1. The molecule has 2 N–H and O–H groups in total. The molecule has 4 rings (SSSR count). The first-order chi connectivity index (χ1) is 14.9. The van der Waals surface area contributed by atoms with Gasteiger partial charge in [0, 0.05) is 25.0 Å². The Kier molecular flexibility index (Phi) is 5.73. The van der Waals surface area contributed by atoms with Gasteiger partial charge in [0.15, 0.2) is 5.82 Å². The van der Waals surface area contributed by atoms with Crippen LogP contribution in [0.3, 0.4) is 0 Å². The number of anilines is 1. The summed E-state index contributed by atoms with van der Waals surface area (Å²) in [5.74, 6) is 0.509. The molecule has 8 nitrogen and oxygen atoms in total. The van der Waals surface area contributed by atoms with Crippen LogP contribution in [0.25, 0.3) is 17.2 Å². The van der Waals surface area contributed by atoms with E-state index < -0.39 is 11.5 Å². The topological polar surface area (TPSA) is 95.7 Å². The van der Waals surface area contributed by atoms with Crippen LogP contribution in [-0.4, -0.2) is 60.0 Å². The highest BCUT2D eigenvalue weighted by Crippen LogP contribution is 2.24. The highest BCUT2D eigenvalue weighted by molar-refractivity contribution is 5.77. The SMILES string of the molecule is C=CCc1ccc2ncc(-c3nccc(NC4CCCN(C(C)(C)C(=O)O)C4)n3)n2c1. The lowest BCUT2D eigenvalue weighted by molar-refractivity contribution is -0.150. The van der Waals surface area contributed by atoms with E-state index in [4.69, 9.17) is 4.98 Å². The van der Waals surface area contributed by atoms with E-state index in [9.17, 15) is 9.90 Å². The van der Waals surface area contributed by atoms with Crippen molar-refractivity contribution < 1.29 is 9.90 Å². The van der Waals surface area contributed by atoms with Gasteiger partial charge in [-0.05, 0) is 57.4 Å².